The van der Waals surface area contributed by atoms with Crippen molar-refractivity contribution in [2.75, 3.05) is 7.11 Å². The molecule has 0 aliphatic heterocycles. The molecule has 20 heavy (non-hydrogen) atoms. The Morgan fingerprint density at radius 3 is 2.50 bits per heavy atom. The molecule has 0 aliphatic rings. The number of nitrogens with one attached hydrogen (secondary N) is 1. The third kappa shape index (κ3) is 3.51. The van der Waals surface area contributed by atoms with Crippen LogP contribution in [0.3, 0.4) is 0 Å². The van der Waals surface area contributed by atoms with Gasteiger partial charge < -0.3 is 4.74 Å². The molecule has 0 saturated carbocycles. The van der Waals surface area contributed by atoms with Gasteiger partial charge in [0.1, 0.15) is 5.75 Å². The quantitative estimate of drug-likeness (QED) is 0.655. The molecule has 2 rings (SSSR count). The highest BCUT2D eigenvalue weighted by Gasteiger charge is 2.13. The lowest BCUT2D eigenvalue weighted by Gasteiger charge is -2.18. The van der Waals surface area contributed by atoms with Crippen LogP contribution in [-0.2, 0) is 6.42 Å². The van der Waals surface area contributed by atoms with Gasteiger partial charge in [0, 0.05) is 5.02 Å². The van der Waals surface area contributed by atoms with Gasteiger partial charge in [0.15, 0.2) is 0 Å². The van der Waals surface area contributed by atoms with Crippen LogP contribution in [0, 0.1) is 6.92 Å². The lowest BCUT2D eigenvalue weighted by atomic mass is 9.97. The molecule has 1 unspecified atom stereocenters. The Morgan fingerprint density at radius 2 is 1.90 bits per heavy atom. The molecule has 0 spiro atoms. The largest absolute Gasteiger partial charge is 0.496 e. The number of nitrogens with two attached hydrogens (primary N) is 1. The molecule has 1 atom stereocenters. The highest BCUT2D eigenvalue weighted by molar-refractivity contribution is 6.30. The second kappa shape index (κ2) is 6.75. The van der Waals surface area contributed by atoms with Crippen molar-refractivity contribution >= 4 is 11.6 Å². The fraction of sp³-hybridized carbons (Fsp3) is 0.250. The van der Waals surface area contributed by atoms with Crippen molar-refractivity contribution in [3.63, 3.8) is 0 Å². The molecular weight excluding hydrogens is 272 g/mol. The van der Waals surface area contributed by atoms with Gasteiger partial charge in [-0.25, -0.2) is 0 Å². The van der Waals surface area contributed by atoms with Gasteiger partial charge in [-0.15, -0.1) is 0 Å². The minimum Gasteiger partial charge on any atom is -0.496 e. The number of benzene rings is 2. The van der Waals surface area contributed by atoms with Crippen LogP contribution in [0.2, 0.25) is 5.02 Å². The maximum absolute atomic E-state index is 5.92. The van der Waals surface area contributed by atoms with E-state index in [0.717, 1.165) is 28.3 Å². The van der Waals surface area contributed by atoms with Crippen LogP contribution >= 0.6 is 11.6 Å². The maximum atomic E-state index is 5.92. The van der Waals surface area contributed by atoms with Crippen molar-refractivity contribution in [2.45, 2.75) is 19.4 Å². The molecule has 0 amide bonds. The van der Waals surface area contributed by atoms with Crippen LogP contribution in [0.5, 0.6) is 5.75 Å². The molecule has 3 N–H and O–H groups in total. The zero-order valence-electron chi connectivity index (χ0n) is 11.7. The van der Waals surface area contributed by atoms with Crippen LogP contribution in [0.15, 0.2) is 42.5 Å². The van der Waals surface area contributed by atoms with Gasteiger partial charge in [0.2, 0.25) is 0 Å². The van der Waals surface area contributed by atoms with Gasteiger partial charge in [-0.05, 0) is 42.7 Å². The Balaban J connectivity index is 2.26. The first-order chi connectivity index (χ1) is 9.63. The average Bonchev–Trinajstić information content (AvgIpc) is 2.46. The minimum atomic E-state index is 0.0166. The summed E-state index contributed by atoms with van der Waals surface area (Å²) in [5, 5.41) is 0.720. The molecule has 0 saturated heterocycles. The van der Waals surface area contributed by atoms with Gasteiger partial charge in [-0.3, -0.25) is 11.3 Å². The van der Waals surface area contributed by atoms with Crippen LogP contribution in [0.4, 0.5) is 0 Å². The monoisotopic (exact) mass is 290 g/mol. The van der Waals surface area contributed by atoms with E-state index >= 15 is 0 Å². The number of aryl methyl sites for hydroxylation is 1. The van der Waals surface area contributed by atoms with Gasteiger partial charge in [-0.2, -0.15) is 0 Å². The van der Waals surface area contributed by atoms with Crippen molar-refractivity contribution in [2.24, 2.45) is 5.84 Å². The van der Waals surface area contributed by atoms with E-state index in [2.05, 4.69) is 18.4 Å². The summed E-state index contributed by atoms with van der Waals surface area (Å²) in [4.78, 5) is 0. The zero-order chi connectivity index (χ0) is 14.5. The van der Waals surface area contributed by atoms with Gasteiger partial charge in [0.05, 0.1) is 13.2 Å². The first-order valence-corrected chi connectivity index (χ1v) is 6.87. The van der Waals surface area contributed by atoms with E-state index in [4.69, 9.17) is 22.2 Å². The fourth-order valence-corrected chi connectivity index (χ4v) is 2.38. The molecule has 0 fully saturated rings. The van der Waals surface area contributed by atoms with Crippen LogP contribution in [-0.4, -0.2) is 7.11 Å². The molecule has 0 bridgehead atoms. The third-order valence-corrected chi connectivity index (χ3v) is 3.59. The van der Waals surface area contributed by atoms with Crippen molar-refractivity contribution in [1.82, 2.24) is 5.43 Å². The van der Waals surface area contributed by atoms with Crippen molar-refractivity contribution in [3.8, 4) is 5.75 Å². The van der Waals surface area contributed by atoms with E-state index in [0.29, 0.717) is 0 Å². The molecule has 2 aromatic rings. The molecule has 4 heteroatoms. The number of halogens is 1. The van der Waals surface area contributed by atoms with Crippen molar-refractivity contribution < 1.29 is 4.74 Å². The molecule has 3 nitrogen and oxygen atoms in total. The van der Waals surface area contributed by atoms with Crippen molar-refractivity contribution in [3.05, 3.63) is 64.2 Å². The molecule has 0 radical (unpaired) electrons. The Labute approximate surface area is 124 Å². The predicted molar refractivity (Wildman–Crippen MR) is 83.0 cm³/mol. The Kier molecular flexibility index (Phi) is 5.01. The number of hydrazine groups is 1. The van der Waals surface area contributed by atoms with Crippen LogP contribution in [0.1, 0.15) is 22.7 Å². The Morgan fingerprint density at radius 1 is 1.20 bits per heavy atom. The standard InChI is InChI=1S/C16H19ClN2O/c1-11-3-8-16(20-2)13(9-11)10-15(19-18)12-4-6-14(17)7-5-12/h3-9,15,19H,10,18H2,1-2H3. The summed E-state index contributed by atoms with van der Waals surface area (Å²) in [5.41, 5.74) is 6.29. The normalized spacial score (nSPS) is 12.2. The van der Waals surface area contributed by atoms with E-state index in [1.807, 2.05) is 36.4 Å². The number of methoxy groups -OCH3 is 1. The zero-order valence-corrected chi connectivity index (χ0v) is 12.4. The number of hydrogen-bond acceptors (Lipinski definition) is 3. The maximum Gasteiger partial charge on any atom is 0.122 e. The number of hydrogen-bond donors (Lipinski definition) is 2. The molecule has 106 valence electrons. The minimum absolute atomic E-state index is 0.0166. The predicted octanol–water partition coefficient (Wildman–Crippen LogP) is 3.40. The van der Waals surface area contributed by atoms with Crippen LogP contribution < -0.4 is 16.0 Å². The second-order valence-corrected chi connectivity index (χ2v) is 5.23. The summed E-state index contributed by atoms with van der Waals surface area (Å²) in [6.07, 6.45) is 0.753. The van der Waals surface area contributed by atoms with E-state index in [9.17, 15) is 0 Å². The number of ether oxygens (including phenoxy) is 1. The third-order valence-electron chi connectivity index (χ3n) is 3.33. The van der Waals surface area contributed by atoms with E-state index < -0.39 is 0 Å². The summed E-state index contributed by atoms with van der Waals surface area (Å²) in [6, 6.07) is 13.9. The Hall–Kier alpha value is -1.55. The topological polar surface area (TPSA) is 47.3 Å². The van der Waals surface area contributed by atoms with Crippen LogP contribution in [0.25, 0.3) is 0 Å². The van der Waals surface area contributed by atoms with Gasteiger partial charge >= 0.3 is 0 Å². The van der Waals surface area contributed by atoms with Crippen molar-refractivity contribution in [1.29, 1.82) is 0 Å². The lowest BCUT2D eigenvalue weighted by Crippen LogP contribution is -2.29. The first kappa shape index (κ1) is 14.9. The van der Waals surface area contributed by atoms with E-state index in [-0.39, 0.29) is 6.04 Å². The molecule has 0 aromatic heterocycles. The SMILES string of the molecule is COc1ccc(C)cc1CC(NN)c1ccc(Cl)cc1. The average molecular weight is 291 g/mol. The molecular formula is C16H19ClN2O. The number of rotatable bonds is 5. The lowest BCUT2D eigenvalue weighted by molar-refractivity contribution is 0.405. The smallest absolute Gasteiger partial charge is 0.122 e. The first-order valence-electron chi connectivity index (χ1n) is 6.49. The van der Waals surface area contributed by atoms with E-state index in [1.165, 1.54) is 5.56 Å². The van der Waals surface area contributed by atoms with Gasteiger partial charge in [-0.1, -0.05) is 41.4 Å². The molecule has 0 aliphatic carbocycles. The summed E-state index contributed by atoms with van der Waals surface area (Å²) in [7, 11) is 1.68. The molecule has 2 aromatic carbocycles. The summed E-state index contributed by atoms with van der Waals surface area (Å²) in [5.74, 6) is 6.58. The second-order valence-electron chi connectivity index (χ2n) is 4.79. The highest BCUT2D eigenvalue weighted by atomic mass is 35.5. The van der Waals surface area contributed by atoms with E-state index in [1.54, 1.807) is 7.11 Å². The van der Waals surface area contributed by atoms with Gasteiger partial charge in [0.25, 0.3) is 0 Å². The fourth-order valence-electron chi connectivity index (χ4n) is 2.25. The Bertz CT molecular complexity index is 569. The summed E-state index contributed by atoms with van der Waals surface area (Å²) < 4.78 is 5.41. The summed E-state index contributed by atoms with van der Waals surface area (Å²) in [6.45, 7) is 2.07. The summed E-state index contributed by atoms with van der Waals surface area (Å²) >= 11 is 5.92. The highest BCUT2D eigenvalue weighted by Crippen LogP contribution is 2.26. The molecule has 0 heterocycles.